The monoisotopic (exact) mass is 959 g/mol. The number of carbonyl (C=O) groups is 2. The molecule has 0 rings (SSSR count). The number of esters is 2. The van der Waals surface area contributed by atoms with Crippen LogP contribution in [0.4, 0.5) is 0 Å². The van der Waals surface area contributed by atoms with Crippen LogP contribution >= 0.6 is 0 Å². The van der Waals surface area contributed by atoms with Gasteiger partial charge in [0.15, 0.2) is 6.10 Å². The fourth-order valence-corrected chi connectivity index (χ4v) is 9.85. The van der Waals surface area contributed by atoms with Crippen molar-refractivity contribution in [3.8, 4) is 0 Å². The highest BCUT2D eigenvalue weighted by Crippen LogP contribution is 2.18. The van der Waals surface area contributed by atoms with E-state index in [0.717, 1.165) is 32.1 Å². The molecule has 0 aromatic rings. The summed E-state index contributed by atoms with van der Waals surface area (Å²) in [7, 11) is 0. The highest BCUT2D eigenvalue weighted by molar-refractivity contribution is 5.70. The minimum Gasteiger partial charge on any atom is -0.462 e. The van der Waals surface area contributed by atoms with Gasteiger partial charge in [-0.25, -0.2) is 0 Å². The molecule has 5 nitrogen and oxygen atoms in total. The normalized spacial score (nSPS) is 12.1. The van der Waals surface area contributed by atoms with Crippen molar-refractivity contribution in [2.45, 2.75) is 367 Å². The summed E-state index contributed by atoms with van der Waals surface area (Å²) in [5.41, 5.74) is 0. The van der Waals surface area contributed by atoms with Crippen molar-refractivity contribution in [1.29, 1.82) is 0 Å². The van der Waals surface area contributed by atoms with E-state index in [1.807, 2.05) is 0 Å². The third-order valence-electron chi connectivity index (χ3n) is 14.6. The predicted octanol–water partition coefficient (Wildman–Crippen LogP) is 21.1. The number of carbonyl (C=O) groups excluding carboxylic acids is 2. The molecular weight excluding hydrogens is 837 g/mol. The van der Waals surface area contributed by atoms with Crippen LogP contribution in [0.2, 0.25) is 0 Å². The van der Waals surface area contributed by atoms with E-state index in [0.29, 0.717) is 12.8 Å². The maximum atomic E-state index is 12.3. The zero-order valence-electron chi connectivity index (χ0n) is 46.4. The molecule has 0 heterocycles. The molecule has 1 unspecified atom stereocenters. The fourth-order valence-electron chi connectivity index (χ4n) is 9.85. The average molecular weight is 960 g/mol. The third kappa shape index (κ3) is 57.2. The first kappa shape index (κ1) is 66.6. The number of hydrogen-bond donors (Lipinski definition) is 1. The molecule has 0 amide bonds. The largest absolute Gasteiger partial charge is 0.462 e. The van der Waals surface area contributed by atoms with Crippen LogP contribution in [0.3, 0.4) is 0 Å². The van der Waals surface area contributed by atoms with E-state index in [-0.39, 0.29) is 25.2 Å². The van der Waals surface area contributed by atoms with E-state index >= 15 is 0 Å². The Bertz CT molecular complexity index is 994. The average Bonchev–Trinajstić information content (AvgIpc) is 3.34. The zero-order valence-corrected chi connectivity index (χ0v) is 46.4. The highest BCUT2D eigenvalue weighted by Gasteiger charge is 2.16. The van der Waals surface area contributed by atoms with Gasteiger partial charge < -0.3 is 14.6 Å². The molecule has 404 valence electrons. The topological polar surface area (TPSA) is 72.8 Å². The molecular formula is C63H122O5. The van der Waals surface area contributed by atoms with Crippen molar-refractivity contribution in [2.75, 3.05) is 13.2 Å². The lowest BCUT2D eigenvalue weighted by Gasteiger charge is -2.15. The molecule has 0 saturated carbocycles. The van der Waals surface area contributed by atoms with E-state index < -0.39 is 6.10 Å². The van der Waals surface area contributed by atoms with Gasteiger partial charge in [0.1, 0.15) is 6.61 Å². The summed E-state index contributed by atoms with van der Waals surface area (Å²) in [5.74, 6) is -0.564. The molecule has 0 spiro atoms. The summed E-state index contributed by atoms with van der Waals surface area (Å²) in [5, 5.41) is 9.67. The summed E-state index contributed by atoms with van der Waals surface area (Å²) >= 11 is 0. The van der Waals surface area contributed by atoms with Crippen LogP contribution < -0.4 is 0 Å². The van der Waals surface area contributed by atoms with Gasteiger partial charge in [0, 0.05) is 12.8 Å². The van der Waals surface area contributed by atoms with E-state index in [9.17, 15) is 14.7 Å². The van der Waals surface area contributed by atoms with Crippen LogP contribution in [-0.2, 0) is 19.1 Å². The molecule has 1 N–H and O–H groups in total. The van der Waals surface area contributed by atoms with Crippen LogP contribution in [-0.4, -0.2) is 36.4 Å². The van der Waals surface area contributed by atoms with E-state index in [4.69, 9.17) is 9.47 Å². The molecule has 68 heavy (non-hydrogen) atoms. The summed E-state index contributed by atoms with van der Waals surface area (Å²) in [6, 6.07) is 0. The van der Waals surface area contributed by atoms with Crippen molar-refractivity contribution in [2.24, 2.45) is 0 Å². The maximum Gasteiger partial charge on any atom is 0.306 e. The molecule has 0 fully saturated rings. The first-order valence-electron chi connectivity index (χ1n) is 31.2. The second-order valence-electron chi connectivity index (χ2n) is 21.5. The summed E-state index contributed by atoms with van der Waals surface area (Å²) in [6.45, 7) is 4.21. The Labute approximate surface area is 426 Å². The van der Waals surface area contributed by atoms with Crippen molar-refractivity contribution in [3.05, 3.63) is 12.2 Å². The maximum absolute atomic E-state index is 12.3. The molecule has 0 bridgehead atoms. The number of unbranched alkanes of at least 4 members (excludes halogenated alkanes) is 49. The van der Waals surface area contributed by atoms with Gasteiger partial charge >= 0.3 is 11.9 Å². The second-order valence-corrected chi connectivity index (χ2v) is 21.5. The molecule has 0 saturated heterocycles. The number of aliphatic hydroxyl groups excluding tert-OH is 1. The Balaban J connectivity index is 3.39. The smallest absolute Gasteiger partial charge is 0.306 e. The fraction of sp³-hybridized carbons (Fsp3) is 0.937. The SMILES string of the molecule is CCCCCCCCCC/C=C\CCCCCCCCCCCCCCCCCCCC(=O)OC(CO)COC(=O)CCCCCCCCCCCCCCCCCCCCCCCCCCC. The predicted molar refractivity (Wildman–Crippen MR) is 298 cm³/mol. The van der Waals surface area contributed by atoms with Crippen molar-refractivity contribution >= 4 is 11.9 Å². The number of allylic oxidation sites excluding steroid dienone is 2. The van der Waals surface area contributed by atoms with Gasteiger partial charge in [-0.3, -0.25) is 9.59 Å². The molecule has 0 aliphatic rings. The van der Waals surface area contributed by atoms with Crippen LogP contribution in [0.5, 0.6) is 0 Å². The number of ether oxygens (including phenoxy) is 2. The Hall–Kier alpha value is -1.36. The van der Waals surface area contributed by atoms with Gasteiger partial charge in [0.05, 0.1) is 6.61 Å². The molecule has 0 aromatic heterocycles. The highest BCUT2D eigenvalue weighted by atomic mass is 16.6. The number of aliphatic hydroxyl groups is 1. The van der Waals surface area contributed by atoms with Crippen molar-refractivity contribution in [1.82, 2.24) is 0 Å². The van der Waals surface area contributed by atoms with Gasteiger partial charge in [-0.05, 0) is 38.5 Å². The Kier molecular flexibility index (Phi) is 58.7. The summed E-state index contributed by atoms with van der Waals surface area (Å²) in [4.78, 5) is 24.6. The Morgan fingerprint density at radius 2 is 0.544 bits per heavy atom. The first-order valence-corrected chi connectivity index (χ1v) is 31.2. The minimum atomic E-state index is -0.766. The van der Waals surface area contributed by atoms with Gasteiger partial charge in [-0.15, -0.1) is 0 Å². The zero-order chi connectivity index (χ0) is 49.2. The molecule has 0 radical (unpaired) electrons. The summed E-state index contributed by atoms with van der Waals surface area (Å²) in [6.07, 6.45) is 75.0. The first-order chi connectivity index (χ1) is 33.6. The number of rotatable bonds is 59. The lowest BCUT2D eigenvalue weighted by atomic mass is 10.0. The molecule has 0 aliphatic heterocycles. The van der Waals surface area contributed by atoms with Gasteiger partial charge in [0.25, 0.3) is 0 Å². The molecule has 5 heteroatoms. The lowest BCUT2D eigenvalue weighted by Crippen LogP contribution is -2.28. The second kappa shape index (κ2) is 59.9. The quantitative estimate of drug-likeness (QED) is 0.0374. The van der Waals surface area contributed by atoms with Crippen LogP contribution in [0.15, 0.2) is 12.2 Å². The van der Waals surface area contributed by atoms with E-state index in [2.05, 4.69) is 26.0 Å². The minimum absolute atomic E-state index is 0.0571. The van der Waals surface area contributed by atoms with E-state index in [1.165, 1.54) is 302 Å². The van der Waals surface area contributed by atoms with Crippen LogP contribution in [0.1, 0.15) is 361 Å². The van der Waals surface area contributed by atoms with Gasteiger partial charge in [-0.1, -0.05) is 321 Å². The van der Waals surface area contributed by atoms with E-state index in [1.54, 1.807) is 0 Å². The summed E-state index contributed by atoms with van der Waals surface area (Å²) < 4.78 is 10.7. The standard InChI is InChI=1S/C63H122O5/c1-3-5-7-9-11-13-15-17-19-21-23-25-27-29-30-31-32-34-36-38-40-42-44-46-48-50-52-54-56-58-63(66)68-61(59-64)60-67-62(65)57-55-53-51-49-47-45-43-41-39-37-35-33-28-26-24-22-20-18-16-14-12-10-8-6-4-2/h21,23,61,64H,3-20,22,24-60H2,1-2H3/b23-21-. The lowest BCUT2D eigenvalue weighted by molar-refractivity contribution is -0.161. The van der Waals surface area contributed by atoms with Crippen LogP contribution in [0, 0.1) is 0 Å². The number of hydrogen-bond acceptors (Lipinski definition) is 5. The van der Waals surface area contributed by atoms with Gasteiger partial charge in [0.2, 0.25) is 0 Å². The molecule has 0 aliphatic carbocycles. The Morgan fingerprint density at radius 1 is 0.324 bits per heavy atom. The molecule has 1 atom stereocenters. The van der Waals surface area contributed by atoms with Gasteiger partial charge in [-0.2, -0.15) is 0 Å². The molecule has 0 aromatic carbocycles. The Morgan fingerprint density at radius 3 is 0.794 bits per heavy atom. The van der Waals surface area contributed by atoms with Crippen molar-refractivity contribution in [3.63, 3.8) is 0 Å². The van der Waals surface area contributed by atoms with Crippen LogP contribution in [0.25, 0.3) is 0 Å². The van der Waals surface area contributed by atoms with Crippen molar-refractivity contribution < 1.29 is 24.2 Å². The third-order valence-corrected chi connectivity index (χ3v) is 14.6.